The Kier molecular flexibility index (Phi) is 4.02. The summed E-state index contributed by atoms with van der Waals surface area (Å²) in [6.45, 7) is 1.89. The summed E-state index contributed by atoms with van der Waals surface area (Å²) >= 11 is 0. The van der Waals surface area contributed by atoms with E-state index in [9.17, 15) is 4.79 Å². The van der Waals surface area contributed by atoms with Crippen LogP contribution in [-0.2, 0) is 11.2 Å². The molecule has 2 aromatic carbocycles. The molecule has 5 heteroatoms. The molecule has 0 fully saturated rings. The van der Waals surface area contributed by atoms with Gasteiger partial charge in [-0.15, -0.1) is 0 Å². The second kappa shape index (κ2) is 6.12. The Morgan fingerprint density at radius 3 is 2.35 bits per heavy atom. The van der Waals surface area contributed by atoms with Crippen LogP contribution >= 0.6 is 0 Å². The normalized spacial score (nSPS) is 14.0. The Morgan fingerprint density at radius 2 is 1.70 bits per heavy atom. The highest BCUT2D eigenvalue weighted by Gasteiger charge is 2.24. The lowest BCUT2D eigenvalue weighted by Gasteiger charge is -2.15. The number of hydrazone groups is 1. The van der Waals surface area contributed by atoms with Crippen molar-refractivity contribution in [3.8, 4) is 11.5 Å². The van der Waals surface area contributed by atoms with Crippen LogP contribution in [0.15, 0.2) is 47.6 Å². The van der Waals surface area contributed by atoms with Crippen LogP contribution in [0.1, 0.15) is 18.1 Å². The zero-order chi connectivity index (χ0) is 16.4. The van der Waals surface area contributed by atoms with Crippen LogP contribution in [0.4, 0.5) is 5.69 Å². The second-order valence-corrected chi connectivity index (χ2v) is 5.27. The van der Waals surface area contributed by atoms with E-state index in [0.29, 0.717) is 11.5 Å². The van der Waals surface area contributed by atoms with Crippen LogP contribution < -0.4 is 14.5 Å². The largest absolute Gasteiger partial charge is 0.493 e. The summed E-state index contributed by atoms with van der Waals surface area (Å²) in [5.41, 5.74) is 3.29. The van der Waals surface area contributed by atoms with Gasteiger partial charge in [0, 0.05) is 5.56 Å². The molecule has 0 N–H and O–H groups in total. The third-order valence-electron chi connectivity index (χ3n) is 3.83. The van der Waals surface area contributed by atoms with Gasteiger partial charge < -0.3 is 9.47 Å². The van der Waals surface area contributed by atoms with Crippen LogP contribution in [0, 0.1) is 0 Å². The first-order valence-electron chi connectivity index (χ1n) is 7.32. The van der Waals surface area contributed by atoms with Crippen LogP contribution in [0.25, 0.3) is 0 Å². The van der Waals surface area contributed by atoms with Crippen molar-refractivity contribution in [2.45, 2.75) is 13.3 Å². The van der Waals surface area contributed by atoms with E-state index < -0.39 is 0 Å². The number of methoxy groups -OCH3 is 2. The molecule has 0 atom stereocenters. The fraction of sp³-hybridized carbons (Fsp3) is 0.222. The molecule has 0 aliphatic carbocycles. The molecule has 3 rings (SSSR count). The van der Waals surface area contributed by atoms with Gasteiger partial charge in [-0.05, 0) is 36.8 Å². The van der Waals surface area contributed by atoms with E-state index in [-0.39, 0.29) is 12.3 Å². The molecule has 1 aliphatic rings. The maximum atomic E-state index is 12.6. The molecule has 0 saturated heterocycles. The Morgan fingerprint density at radius 1 is 1.04 bits per heavy atom. The van der Waals surface area contributed by atoms with Gasteiger partial charge in [0.2, 0.25) is 0 Å². The lowest BCUT2D eigenvalue weighted by atomic mass is 10.00. The second-order valence-electron chi connectivity index (χ2n) is 5.27. The summed E-state index contributed by atoms with van der Waals surface area (Å²) in [4.78, 5) is 12.6. The minimum absolute atomic E-state index is 0.0819. The van der Waals surface area contributed by atoms with E-state index in [1.807, 2.05) is 49.4 Å². The van der Waals surface area contributed by atoms with Crippen molar-refractivity contribution in [2.75, 3.05) is 19.2 Å². The topological polar surface area (TPSA) is 51.1 Å². The summed E-state index contributed by atoms with van der Waals surface area (Å²) in [5, 5.41) is 5.96. The number of benzene rings is 2. The molecule has 23 heavy (non-hydrogen) atoms. The van der Waals surface area contributed by atoms with Crippen molar-refractivity contribution >= 4 is 17.3 Å². The van der Waals surface area contributed by atoms with Gasteiger partial charge in [-0.3, -0.25) is 4.79 Å². The quantitative estimate of drug-likeness (QED) is 0.875. The first-order chi connectivity index (χ1) is 11.1. The molecule has 0 radical (unpaired) electrons. The highest BCUT2D eigenvalue weighted by Crippen LogP contribution is 2.33. The molecular formula is C18H18N2O3. The summed E-state index contributed by atoms with van der Waals surface area (Å²) in [6, 6.07) is 13.1. The lowest BCUT2D eigenvalue weighted by molar-refractivity contribution is -0.117. The molecule has 0 saturated carbocycles. The van der Waals surface area contributed by atoms with E-state index in [4.69, 9.17) is 9.47 Å². The average molecular weight is 310 g/mol. The number of nitrogens with zero attached hydrogens (tertiary/aromatic N) is 2. The van der Waals surface area contributed by atoms with Gasteiger partial charge in [0.15, 0.2) is 11.5 Å². The van der Waals surface area contributed by atoms with Gasteiger partial charge in [-0.25, -0.2) is 5.01 Å². The fourth-order valence-electron chi connectivity index (χ4n) is 2.67. The van der Waals surface area contributed by atoms with Crippen molar-refractivity contribution in [2.24, 2.45) is 5.10 Å². The standard InChI is InChI=1S/C18H18N2O3/c1-12-15-11-17(23-3)16(22-2)9-13(15)10-18(21)20(19-12)14-7-5-4-6-8-14/h4-9,11H,10H2,1-3H3. The van der Waals surface area contributed by atoms with E-state index in [1.165, 1.54) is 5.01 Å². The van der Waals surface area contributed by atoms with Gasteiger partial charge >= 0.3 is 0 Å². The number of amides is 1. The summed E-state index contributed by atoms with van der Waals surface area (Å²) in [5.74, 6) is 1.16. The van der Waals surface area contributed by atoms with Gasteiger partial charge in [-0.1, -0.05) is 18.2 Å². The van der Waals surface area contributed by atoms with Gasteiger partial charge in [-0.2, -0.15) is 5.10 Å². The number of rotatable bonds is 3. The molecule has 1 aliphatic heterocycles. The molecule has 0 aromatic heterocycles. The number of anilines is 1. The van der Waals surface area contributed by atoms with Crippen molar-refractivity contribution in [1.29, 1.82) is 0 Å². The number of hydrogen-bond acceptors (Lipinski definition) is 4. The van der Waals surface area contributed by atoms with Crippen LogP contribution in [0.5, 0.6) is 11.5 Å². The number of hydrogen-bond donors (Lipinski definition) is 0. The predicted molar refractivity (Wildman–Crippen MR) is 89.4 cm³/mol. The summed E-state index contributed by atoms with van der Waals surface area (Å²) in [6.07, 6.45) is 0.255. The minimum atomic E-state index is -0.0819. The molecule has 0 unspecified atom stereocenters. The highest BCUT2D eigenvalue weighted by molar-refractivity contribution is 6.07. The third-order valence-corrected chi connectivity index (χ3v) is 3.83. The van der Waals surface area contributed by atoms with E-state index in [0.717, 1.165) is 22.5 Å². The maximum Gasteiger partial charge on any atom is 0.251 e. The number of ether oxygens (including phenoxy) is 2. The Bertz CT molecular complexity index is 769. The number of carbonyl (C=O) groups is 1. The summed E-state index contributed by atoms with van der Waals surface area (Å²) in [7, 11) is 3.18. The predicted octanol–water partition coefficient (Wildman–Crippen LogP) is 3.02. The monoisotopic (exact) mass is 310 g/mol. The Labute approximate surface area is 135 Å². The molecule has 5 nitrogen and oxygen atoms in total. The fourth-order valence-corrected chi connectivity index (χ4v) is 2.67. The van der Waals surface area contributed by atoms with Crippen LogP contribution in [0.2, 0.25) is 0 Å². The van der Waals surface area contributed by atoms with Crippen molar-refractivity contribution in [3.63, 3.8) is 0 Å². The highest BCUT2D eigenvalue weighted by atomic mass is 16.5. The maximum absolute atomic E-state index is 12.6. The Balaban J connectivity index is 2.09. The smallest absolute Gasteiger partial charge is 0.251 e. The molecule has 118 valence electrons. The SMILES string of the molecule is COc1cc2c(cc1OC)C(C)=NN(c1ccccc1)C(=O)C2. The molecule has 1 amide bonds. The number of para-hydroxylation sites is 1. The van der Waals surface area contributed by atoms with Crippen LogP contribution in [-0.4, -0.2) is 25.8 Å². The van der Waals surface area contributed by atoms with E-state index in [2.05, 4.69) is 5.10 Å². The molecule has 0 bridgehead atoms. The third kappa shape index (κ3) is 2.77. The van der Waals surface area contributed by atoms with E-state index in [1.54, 1.807) is 14.2 Å². The minimum Gasteiger partial charge on any atom is -0.493 e. The zero-order valence-electron chi connectivity index (χ0n) is 13.4. The molecule has 2 aromatic rings. The Hall–Kier alpha value is -2.82. The number of fused-ring (bicyclic) bond motifs is 1. The first kappa shape index (κ1) is 15.1. The van der Waals surface area contributed by atoms with Crippen LogP contribution in [0.3, 0.4) is 0 Å². The van der Waals surface area contributed by atoms with Crippen molar-refractivity contribution < 1.29 is 14.3 Å². The molecule has 1 heterocycles. The number of carbonyl (C=O) groups excluding carboxylic acids is 1. The van der Waals surface area contributed by atoms with Crippen molar-refractivity contribution in [1.82, 2.24) is 0 Å². The van der Waals surface area contributed by atoms with Gasteiger partial charge in [0.1, 0.15) is 0 Å². The zero-order valence-corrected chi connectivity index (χ0v) is 13.4. The first-order valence-corrected chi connectivity index (χ1v) is 7.32. The van der Waals surface area contributed by atoms with Gasteiger partial charge in [0.05, 0.1) is 32.0 Å². The average Bonchev–Trinajstić information content (AvgIpc) is 2.70. The molecule has 0 spiro atoms. The molecular weight excluding hydrogens is 292 g/mol. The van der Waals surface area contributed by atoms with E-state index >= 15 is 0 Å². The lowest BCUT2D eigenvalue weighted by Crippen LogP contribution is -2.26. The summed E-state index contributed by atoms with van der Waals surface area (Å²) < 4.78 is 10.7. The van der Waals surface area contributed by atoms with Gasteiger partial charge in [0.25, 0.3) is 5.91 Å². The van der Waals surface area contributed by atoms with Crippen molar-refractivity contribution in [3.05, 3.63) is 53.6 Å².